The summed E-state index contributed by atoms with van der Waals surface area (Å²) in [5.41, 5.74) is 1.93. The van der Waals surface area contributed by atoms with Gasteiger partial charge in [0.2, 0.25) is 0 Å². The van der Waals surface area contributed by atoms with Crippen LogP contribution >= 0.6 is 11.6 Å². The molecule has 1 saturated heterocycles. The van der Waals surface area contributed by atoms with Crippen molar-refractivity contribution in [2.45, 2.75) is 19.5 Å². The molecular weight excluding hydrogens is 293 g/mol. The number of aryl methyl sites for hydroxylation is 1. The molecule has 0 bridgehead atoms. The van der Waals surface area contributed by atoms with Crippen LogP contribution in [-0.4, -0.2) is 34.6 Å². The predicted octanol–water partition coefficient (Wildman–Crippen LogP) is 3.08. The molecule has 1 N–H and O–H groups in total. The van der Waals surface area contributed by atoms with E-state index in [1.165, 1.54) is 12.1 Å². The van der Waals surface area contributed by atoms with E-state index in [9.17, 15) is 4.39 Å². The van der Waals surface area contributed by atoms with Crippen LogP contribution in [0.15, 0.2) is 24.4 Å². The molecule has 0 unspecified atom stereocenters. The first kappa shape index (κ1) is 14.5. The van der Waals surface area contributed by atoms with Gasteiger partial charge in [-0.1, -0.05) is 17.7 Å². The highest BCUT2D eigenvalue weighted by molar-refractivity contribution is 6.31. The normalized spacial score (nSPS) is 19.9. The maximum Gasteiger partial charge on any atom is 0.126 e. The van der Waals surface area contributed by atoms with Gasteiger partial charge >= 0.3 is 0 Å². The third-order valence-corrected chi connectivity index (χ3v) is 4.02. The van der Waals surface area contributed by atoms with Gasteiger partial charge in [-0.25, -0.2) is 9.37 Å². The average molecular weight is 310 g/mol. The SMILES string of the molecule is Cc1cnc([C@H]2COCCN2Cc2ccc(F)cc2Cl)[nH]1. The molecule has 1 atom stereocenters. The molecule has 0 amide bonds. The lowest BCUT2D eigenvalue weighted by molar-refractivity contribution is -0.0156. The highest BCUT2D eigenvalue weighted by Crippen LogP contribution is 2.26. The standard InChI is InChI=1S/C15H17ClFN3O/c1-10-7-18-15(19-10)14-9-21-5-4-20(14)8-11-2-3-12(17)6-13(11)16/h2-3,6-7,14H,4-5,8-9H2,1H3,(H,18,19)/t14-/m1/s1. The van der Waals surface area contributed by atoms with Gasteiger partial charge in [-0.3, -0.25) is 4.90 Å². The number of aromatic nitrogens is 2. The molecule has 1 aliphatic heterocycles. The molecule has 0 spiro atoms. The third kappa shape index (κ3) is 3.26. The number of rotatable bonds is 3. The van der Waals surface area contributed by atoms with Crippen LogP contribution in [0.4, 0.5) is 4.39 Å². The molecule has 3 rings (SSSR count). The number of morpholine rings is 1. The molecule has 1 fully saturated rings. The molecule has 2 heterocycles. The Morgan fingerprint density at radius 1 is 1.52 bits per heavy atom. The highest BCUT2D eigenvalue weighted by Gasteiger charge is 2.27. The largest absolute Gasteiger partial charge is 0.378 e. The summed E-state index contributed by atoms with van der Waals surface area (Å²) in [6.45, 7) is 4.67. The quantitative estimate of drug-likeness (QED) is 0.947. The van der Waals surface area contributed by atoms with E-state index in [-0.39, 0.29) is 11.9 Å². The number of imidazole rings is 1. The van der Waals surface area contributed by atoms with Crippen molar-refractivity contribution < 1.29 is 9.13 Å². The Labute approximate surface area is 127 Å². The van der Waals surface area contributed by atoms with Gasteiger partial charge in [0.1, 0.15) is 11.6 Å². The number of hydrogen-bond donors (Lipinski definition) is 1. The maximum atomic E-state index is 13.1. The molecule has 0 aliphatic carbocycles. The van der Waals surface area contributed by atoms with Gasteiger partial charge in [0.25, 0.3) is 0 Å². The summed E-state index contributed by atoms with van der Waals surface area (Å²) in [4.78, 5) is 9.91. The molecule has 1 aromatic carbocycles. The Bertz CT molecular complexity index is 631. The summed E-state index contributed by atoms with van der Waals surface area (Å²) in [7, 11) is 0. The van der Waals surface area contributed by atoms with Gasteiger partial charge in [-0.15, -0.1) is 0 Å². The molecule has 0 radical (unpaired) electrons. The summed E-state index contributed by atoms with van der Waals surface area (Å²) >= 11 is 6.13. The first-order valence-electron chi connectivity index (χ1n) is 6.90. The number of benzene rings is 1. The zero-order chi connectivity index (χ0) is 14.8. The summed E-state index contributed by atoms with van der Waals surface area (Å²) in [5, 5.41) is 0.455. The fourth-order valence-electron chi connectivity index (χ4n) is 2.55. The van der Waals surface area contributed by atoms with Crippen LogP contribution in [0.25, 0.3) is 0 Å². The van der Waals surface area contributed by atoms with Gasteiger partial charge in [-0.05, 0) is 24.6 Å². The summed E-state index contributed by atoms with van der Waals surface area (Å²) in [6, 6.07) is 4.59. The van der Waals surface area contributed by atoms with Crippen LogP contribution in [0.2, 0.25) is 5.02 Å². The van der Waals surface area contributed by atoms with Crippen molar-refractivity contribution in [2.24, 2.45) is 0 Å². The average Bonchev–Trinajstić information content (AvgIpc) is 2.89. The van der Waals surface area contributed by atoms with E-state index in [1.54, 1.807) is 6.07 Å². The maximum absolute atomic E-state index is 13.1. The first-order valence-corrected chi connectivity index (χ1v) is 7.28. The smallest absolute Gasteiger partial charge is 0.126 e. The van der Waals surface area contributed by atoms with Crippen LogP contribution in [-0.2, 0) is 11.3 Å². The van der Waals surface area contributed by atoms with Crippen molar-refractivity contribution in [1.82, 2.24) is 14.9 Å². The Balaban J connectivity index is 1.81. The van der Waals surface area contributed by atoms with E-state index in [2.05, 4.69) is 14.9 Å². The lowest BCUT2D eigenvalue weighted by atomic mass is 10.1. The lowest BCUT2D eigenvalue weighted by Crippen LogP contribution is -2.39. The van der Waals surface area contributed by atoms with Crippen molar-refractivity contribution in [3.63, 3.8) is 0 Å². The summed E-state index contributed by atoms with van der Waals surface area (Å²) in [6.07, 6.45) is 1.81. The summed E-state index contributed by atoms with van der Waals surface area (Å²) in [5.74, 6) is 0.578. The molecule has 2 aromatic rings. The van der Waals surface area contributed by atoms with Crippen LogP contribution in [0.1, 0.15) is 23.1 Å². The van der Waals surface area contributed by atoms with E-state index in [4.69, 9.17) is 16.3 Å². The molecule has 1 aromatic heterocycles. The molecule has 21 heavy (non-hydrogen) atoms. The third-order valence-electron chi connectivity index (χ3n) is 3.67. The lowest BCUT2D eigenvalue weighted by Gasteiger charge is -2.34. The van der Waals surface area contributed by atoms with Crippen molar-refractivity contribution in [1.29, 1.82) is 0 Å². The first-order chi connectivity index (χ1) is 10.1. The number of hydrogen-bond acceptors (Lipinski definition) is 3. The Hall–Kier alpha value is -1.43. The molecular formula is C15H17ClFN3O. The van der Waals surface area contributed by atoms with Gasteiger partial charge in [0.15, 0.2) is 0 Å². The topological polar surface area (TPSA) is 41.1 Å². The molecule has 6 heteroatoms. The molecule has 1 aliphatic rings. The van der Waals surface area contributed by atoms with Gasteiger partial charge in [-0.2, -0.15) is 0 Å². The molecule has 0 saturated carbocycles. The van der Waals surface area contributed by atoms with Crippen LogP contribution in [0.5, 0.6) is 0 Å². The van der Waals surface area contributed by atoms with E-state index < -0.39 is 0 Å². The van der Waals surface area contributed by atoms with Crippen LogP contribution < -0.4 is 0 Å². The van der Waals surface area contributed by atoms with Crippen molar-refractivity contribution >= 4 is 11.6 Å². The molecule has 4 nitrogen and oxygen atoms in total. The Morgan fingerprint density at radius 2 is 2.38 bits per heavy atom. The van der Waals surface area contributed by atoms with E-state index >= 15 is 0 Å². The number of halogens is 2. The van der Waals surface area contributed by atoms with E-state index in [0.717, 1.165) is 23.6 Å². The van der Waals surface area contributed by atoms with Gasteiger partial charge in [0.05, 0.1) is 19.3 Å². The number of nitrogens with one attached hydrogen (secondary N) is 1. The second kappa shape index (κ2) is 6.13. The number of nitrogens with zero attached hydrogens (tertiary/aromatic N) is 2. The Kier molecular flexibility index (Phi) is 4.24. The van der Waals surface area contributed by atoms with E-state index in [0.29, 0.717) is 24.8 Å². The van der Waals surface area contributed by atoms with Gasteiger partial charge < -0.3 is 9.72 Å². The number of aromatic amines is 1. The monoisotopic (exact) mass is 309 g/mol. The minimum absolute atomic E-state index is 0.0635. The van der Waals surface area contributed by atoms with Crippen molar-refractivity contribution in [3.8, 4) is 0 Å². The number of ether oxygens (including phenoxy) is 1. The second-order valence-corrected chi connectivity index (χ2v) is 5.66. The van der Waals surface area contributed by atoms with Crippen LogP contribution in [0, 0.1) is 12.7 Å². The fourth-order valence-corrected chi connectivity index (χ4v) is 2.78. The minimum Gasteiger partial charge on any atom is -0.378 e. The number of H-pyrrole nitrogens is 1. The Morgan fingerprint density at radius 3 is 3.10 bits per heavy atom. The van der Waals surface area contributed by atoms with Crippen LogP contribution in [0.3, 0.4) is 0 Å². The van der Waals surface area contributed by atoms with Crippen molar-refractivity contribution in [2.75, 3.05) is 19.8 Å². The predicted molar refractivity (Wildman–Crippen MR) is 78.7 cm³/mol. The highest BCUT2D eigenvalue weighted by atomic mass is 35.5. The zero-order valence-electron chi connectivity index (χ0n) is 11.8. The van der Waals surface area contributed by atoms with Gasteiger partial charge in [0, 0.05) is 30.0 Å². The minimum atomic E-state index is -0.316. The summed E-state index contributed by atoms with van der Waals surface area (Å²) < 4.78 is 18.7. The second-order valence-electron chi connectivity index (χ2n) is 5.25. The fraction of sp³-hybridized carbons (Fsp3) is 0.400. The van der Waals surface area contributed by atoms with E-state index in [1.807, 2.05) is 13.1 Å². The zero-order valence-corrected chi connectivity index (χ0v) is 12.5. The van der Waals surface area contributed by atoms with Crippen molar-refractivity contribution in [3.05, 3.63) is 52.3 Å². The molecule has 112 valence electrons.